The van der Waals surface area contributed by atoms with Crippen molar-refractivity contribution in [2.75, 3.05) is 7.05 Å². The summed E-state index contributed by atoms with van der Waals surface area (Å²) in [4.78, 5) is 0. The molecule has 1 atom stereocenters. The maximum absolute atomic E-state index is 13.1. The first kappa shape index (κ1) is 12.1. The highest BCUT2D eigenvalue weighted by Crippen LogP contribution is 2.26. The lowest BCUT2D eigenvalue weighted by Gasteiger charge is -2.29. The Bertz CT molecular complexity index is 344. The van der Waals surface area contributed by atoms with Crippen LogP contribution >= 0.6 is 0 Å². The highest BCUT2D eigenvalue weighted by Gasteiger charge is 2.26. The highest BCUT2D eigenvalue weighted by molar-refractivity contribution is 5.28. The van der Waals surface area contributed by atoms with Crippen LogP contribution in [0.4, 0.5) is 4.39 Å². The molecule has 1 unspecified atom stereocenters. The summed E-state index contributed by atoms with van der Waals surface area (Å²) >= 11 is 0. The summed E-state index contributed by atoms with van der Waals surface area (Å²) < 4.78 is 13.1. The van der Waals surface area contributed by atoms with Crippen molar-refractivity contribution >= 4 is 0 Å². The van der Waals surface area contributed by atoms with E-state index in [-0.39, 0.29) is 11.9 Å². The molecule has 0 radical (unpaired) electrons. The maximum Gasteiger partial charge on any atom is 0.126 e. The van der Waals surface area contributed by atoms with E-state index in [1.54, 1.807) is 40.0 Å². The summed E-state index contributed by atoms with van der Waals surface area (Å²) in [7, 11) is 1.78. The Labute approximate surface area is 90.1 Å². The number of nitrogens with one attached hydrogen (secondary N) is 1. The van der Waals surface area contributed by atoms with Crippen molar-refractivity contribution in [3.63, 3.8) is 0 Å². The Morgan fingerprint density at radius 3 is 2.40 bits per heavy atom. The molecule has 84 valence electrons. The summed E-state index contributed by atoms with van der Waals surface area (Å²) in [5.74, 6) is -0.218. The molecule has 2 nitrogen and oxygen atoms in total. The molecule has 0 aliphatic heterocycles. The van der Waals surface area contributed by atoms with E-state index in [1.807, 2.05) is 0 Å². The van der Waals surface area contributed by atoms with Gasteiger partial charge in [-0.3, -0.25) is 0 Å². The van der Waals surface area contributed by atoms with Crippen LogP contribution in [0.15, 0.2) is 18.2 Å². The fourth-order valence-electron chi connectivity index (χ4n) is 1.78. The zero-order valence-corrected chi connectivity index (χ0v) is 9.63. The normalized spacial score (nSPS) is 14.0. The van der Waals surface area contributed by atoms with Crippen LogP contribution in [0.5, 0.6) is 0 Å². The predicted molar refractivity (Wildman–Crippen MR) is 59.2 cm³/mol. The average molecular weight is 211 g/mol. The number of benzene rings is 1. The molecule has 0 aliphatic rings. The number of likely N-dealkylation sites (N-methyl/N-ethyl adjacent to an activating group) is 1. The smallest absolute Gasteiger partial charge is 0.126 e. The van der Waals surface area contributed by atoms with Gasteiger partial charge in [0.25, 0.3) is 0 Å². The van der Waals surface area contributed by atoms with Gasteiger partial charge in [-0.15, -0.1) is 0 Å². The molecular weight excluding hydrogens is 193 g/mol. The molecule has 0 saturated heterocycles. The lowest BCUT2D eigenvalue weighted by atomic mass is 9.91. The summed E-state index contributed by atoms with van der Waals surface area (Å²) in [6, 6.07) is 4.69. The van der Waals surface area contributed by atoms with Crippen LogP contribution in [0, 0.1) is 12.7 Å². The third-order valence-corrected chi connectivity index (χ3v) is 2.51. The lowest BCUT2D eigenvalue weighted by Crippen LogP contribution is -2.37. The molecule has 0 spiro atoms. The molecule has 0 amide bonds. The molecule has 0 aromatic heterocycles. The van der Waals surface area contributed by atoms with Gasteiger partial charge in [-0.2, -0.15) is 0 Å². The average Bonchev–Trinajstić information content (AvgIpc) is 2.10. The van der Waals surface area contributed by atoms with Gasteiger partial charge >= 0.3 is 0 Å². The molecule has 2 N–H and O–H groups in total. The quantitative estimate of drug-likeness (QED) is 0.803. The summed E-state index contributed by atoms with van der Waals surface area (Å²) in [6.45, 7) is 5.18. The van der Waals surface area contributed by atoms with Crippen LogP contribution in [-0.2, 0) is 0 Å². The van der Waals surface area contributed by atoms with Gasteiger partial charge in [-0.25, -0.2) is 4.39 Å². The fraction of sp³-hybridized carbons (Fsp3) is 0.500. The molecule has 0 fully saturated rings. The molecule has 3 heteroatoms. The van der Waals surface area contributed by atoms with Crippen molar-refractivity contribution in [2.45, 2.75) is 32.4 Å². The number of aliphatic hydroxyl groups is 1. The largest absolute Gasteiger partial charge is 0.388 e. The Morgan fingerprint density at radius 2 is 2.00 bits per heavy atom. The zero-order valence-electron chi connectivity index (χ0n) is 9.63. The SMILES string of the molecule is CNC(c1ccc(F)c(C)c1)C(C)(C)O. The van der Waals surface area contributed by atoms with E-state index in [0.717, 1.165) is 5.56 Å². The molecule has 0 aliphatic carbocycles. The van der Waals surface area contributed by atoms with Crippen LogP contribution < -0.4 is 5.32 Å². The highest BCUT2D eigenvalue weighted by atomic mass is 19.1. The number of hydrogen-bond donors (Lipinski definition) is 2. The molecule has 1 aromatic rings. The standard InChI is InChI=1S/C12H18FNO/c1-8-7-9(5-6-10(8)13)11(14-4)12(2,3)15/h5-7,11,14-15H,1-4H3. The van der Waals surface area contributed by atoms with E-state index < -0.39 is 5.60 Å². The van der Waals surface area contributed by atoms with Gasteiger partial charge in [0.2, 0.25) is 0 Å². The monoisotopic (exact) mass is 211 g/mol. The van der Waals surface area contributed by atoms with Gasteiger partial charge in [-0.1, -0.05) is 12.1 Å². The first-order chi connectivity index (χ1) is 6.86. The zero-order chi connectivity index (χ0) is 11.6. The second-order valence-electron chi connectivity index (χ2n) is 4.38. The second kappa shape index (κ2) is 4.29. The van der Waals surface area contributed by atoms with Gasteiger partial charge in [0.15, 0.2) is 0 Å². The van der Waals surface area contributed by atoms with Crippen LogP contribution in [0.3, 0.4) is 0 Å². The van der Waals surface area contributed by atoms with E-state index in [4.69, 9.17) is 0 Å². The van der Waals surface area contributed by atoms with E-state index in [0.29, 0.717) is 5.56 Å². The Morgan fingerprint density at radius 1 is 1.40 bits per heavy atom. The van der Waals surface area contributed by atoms with Gasteiger partial charge in [-0.05, 0) is 45.0 Å². The number of hydrogen-bond acceptors (Lipinski definition) is 2. The maximum atomic E-state index is 13.1. The minimum absolute atomic E-state index is 0.197. The van der Waals surface area contributed by atoms with Crippen LogP contribution in [0.25, 0.3) is 0 Å². The number of halogens is 1. The minimum atomic E-state index is -0.876. The fourth-order valence-corrected chi connectivity index (χ4v) is 1.78. The predicted octanol–water partition coefficient (Wildman–Crippen LogP) is 2.17. The molecule has 1 aromatic carbocycles. The lowest BCUT2D eigenvalue weighted by molar-refractivity contribution is 0.0400. The van der Waals surface area contributed by atoms with Gasteiger partial charge in [0, 0.05) is 0 Å². The molecule has 0 bridgehead atoms. The summed E-state index contributed by atoms with van der Waals surface area (Å²) in [6.07, 6.45) is 0. The van der Waals surface area contributed by atoms with E-state index in [9.17, 15) is 9.50 Å². The molecule has 0 heterocycles. The Balaban J connectivity index is 3.08. The topological polar surface area (TPSA) is 32.3 Å². The van der Waals surface area contributed by atoms with Gasteiger partial charge in [0.05, 0.1) is 11.6 Å². The molecular formula is C12H18FNO. The third-order valence-electron chi connectivity index (χ3n) is 2.51. The minimum Gasteiger partial charge on any atom is -0.388 e. The van der Waals surface area contributed by atoms with E-state index >= 15 is 0 Å². The third kappa shape index (κ3) is 2.76. The van der Waals surface area contributed by atoms with Crippen LogP contribution in [-0.4, -0.2) is 17.8 Å². The van der Waals surface area contributed by atoms with Gasteiger partial charge < -0.3 is 10.4 Å². The first-order valence-electron chi connectivity index (χ1n) is 5.02. The van der Waals surface area contributed by atoms with Gasteiger partial charge in [0.1, 0.15) is 5.82 Å². The Kier molecular flexibility index (Phi) is 3.47. The summed E-state index contributed by atoms with van der Waals surface area (Å²) in [5, 5.41) is 13.0. The van der Waals surface area contributed by atoms with Crippen molar-refractivity contribution in [3.8, 4) is 0 Å². The van der Waals surface area contributed by atoms with E-state index in [2.05, 4.69) is 5.32 Å². The molecule has 0 saturated carbocycles. The van der Waals surface area contributed by atoms with Crippen molar-refractivity contribution in [2.24, 2.45) is 0 Å². The number of rotatable bonds is 3. The first-order valence-corrected chi connectivity index (χ1v) is 5.02. The molecule has 15 heavy (non-hydrogen) atoms. The van der Waals surface area contributed by atoms with Crippen molar-refractivity contribution in [1.82, 2.24) is 5.32 Å². The van der Waals surface area contributed by atoms with Crippen molar-refractivity contribution in [3.05, 3.63) is 35.1 Å². The van der Waals surface area contributed by atoms with E-state index in [1.165, 1.54) is 6.07 Å². The Hall–Kier alpha value is -0.930. The summed E-state index contributed by atoms with van der Waals surface area (Å²) in [5.41, 5.74) is 0.611. The van der Waals surface area contributed by atoms with Crippen molar-refractivity contribution in [1.29, 1.82) is 0 Å². The number of aryl methyl sites for hydroxylation is 1. The van der Waals surface area contributed by atoms with Crippen molar-refractivity contribution < 1.29 is 9.50 Å². The molecule has 1 rings (SSSR count). The van der Waals surface area contributed by atoms with Crippen LogP contribution in [0.1, 0.15) is 31.0 Å². The van der Waals surface area contributed by atoms with Crippen LogP contribution in [0.2, 0.25) is 0 Å². The second-order valence-corrected chi connectivity index (χ2v) is 4.38.